The number of anilines is 1. The molecule has 0 atom stereocenters. The first-order chi connectivity index (χ1) is 14.9. The van der Waals surface area contributed by atoms with Gasteiger partial charge < -0.3 is 14.6 Å². The van der Waals surface area contributed by atoms with Crippen molar-refractivity contribution in [1.29, 1.82) is 0 Å². The fraction of sp³-hybridized carbons (Fsp3) is 0.190. The van der Waals surface area contributed by atoms with E-state index in [2.05, 4.69) is 26.0 Å². The molecule has 4 rings (SSSR count). The van der Waals surface area contributed by atoms with Gasteiger partial charge in [0.05, 0.1) is 11.3 Å². The first-order valence-electron chi connectivity index (χ1n) is 9.43. The third-order valence-corrected chi connectivity index (χ3v) is 4.72. The lowest BCUT2D eigenvalue weighted by Crippen LogP contribution is -2.13. The van der Waals surface area contributed by atoms with Crippen LogP contribution >= 0.6 is 0 Å². The lowest BCUT2D eigenvalue weighted by Gasteiger charge is -2.10. The van der Waals surface area contributed by atoms with Gasteiger partial charge in [-0.25, -0.2) is 4.39 Å². The van der Waals surface area contributed by atoms with Crippen LogP contribution in [0.3, 0.4) is 0 Å². The molecule has 1 amide bonds. The molecular weight excluding hydrogens is 403 g/mol. The summed E-state index contributed by atoms with van der Waals surface area (Å²) in [5.41, 5.74) is 2.55. The minimum Gasteiger partial charge on any atom is -0.489 e. The number of nitrogens with zero attached hydrogens (tertiary/aromatic N) is 5. The van der Waals surface area contributed by atoms with Crippen LogP contribution < -0.4 is 10.1 Å². The molecule has 0 aliphatic rings. The van der Waals surface area contributed by atoms with Crippen LogP contribution in [0.1, 0.15) is 33.2 Å². The Morgan fingerprint density at radius 2 is 2.03 bits per heavy atom. The Morgan fingerprint density at radius 1 is 1.19 bits per heavy atom. The molecule has 31 heavy (non-hydrogen) atoms. The summed E-state index contributed by atoms with van der Waals surface area (Å²) in [6.45, 7) is 5.58. The zero-order valence-corrected chi connectivity index (χ0v) is 17.1. The van der Waals surface area contributed by atoms with Crippen LogP contribution in [0.2, 0.25) is 0 Å². The van der Waals surface area contributed by atoms with E-state index in [0.717, 1.165) is 11.3 Å². The van der Waals surface area contributed by atoms with Gasteiger partial charge >= 0.3 is 0 Å². The second-order valence-corrected chi connectivity index (χ2v) is 6.88. The average Bonchev–Trinajstić information content (AvgIpc) is 3.33. The zero-order valence-electron chi connectivity index (χ0n) is 17.1. The van der Waals surface area contributed by atoms with Crippen LogP contribution in [0.15, 0.2) is 47.0 Å². The maximum absolute atomic E-state index is 14.2. The normalized spacial score (nSPS) is 10.8. The summed E-state index contributed by atoms with van der Waals surface area (Å²) in [4.78, 5) is 12.7. The summed E-state index contributed by atoms with van der Waals surface area (Å²) < 4.78 is 26.4. The second-order valence-electron chi connectivity index (χ2n) is 6.88. The van der Waals surface area contributed by atoms with Crippen LogP contribution in [0.4, 0.5) is 10.1 Å². The highest BCUT2D eigenvalue weighted by atomic mass is 19.1. The predicted octanol–water partition coefficient (Wildman–Crippen LogP) is 3.55. The number of carbonyl (C=O) groups excluding carboxylic acids is 1. The van der Waals surface area contributed by atoms with E-state index >= 15 is 0 Å². The van der Waals surface area contributed by atoms with Gasteiger partial charge in [0, 0.05) is 11.3 Å². The molecule has 10 heteroatoms. The predicted molar refractivity (Wildman–Crippen MR) is 109 cm³/mol. The SMILES string of the molecule is Cc1noc(C)c1COc1cccc(C(=O)Nc2ccc(F)c(-n3nnnc3C)c2)c1. The van der Waals surface area contributed by atoms with E-state index in [9.17, 15) is 9.18 Å². The molecule has 9 nitrogen and oxygen atoms in total. The second kappa shape index (κ2) is 8.34. The van der Waals surface area contributed by atoms with Crippen molar-refractivity contribution in [3.05, 3.63) is 76.7 Å². The molecule has 0 saturated carbocycles. The van der Waals surface area contributed by atoms with Crippen molar-refractivity contribution in [3.8, 4) is 11.4 Å². The van der Waals surface area contributed by atoms with E-state index in [1.165, 1.54) is 22.9 Å². The topological polar surface area (TPSA) is 108 Å². The lowest BCUT2D eigenvalue weighted by molar-refractivity contribution is 0.102. The Morgan fingerprint density at radius 3 is 2.74 bits per heavy atom. The summed E-state index contributed by atoms with van der Waals surface area (Å²) in [6, 6.07) is 10.9. The number of hydrogen-bond acceptors (Lipinski definition) is 7. The average molecular weight is 422 g/mol. The third-order valence-electron chi connectivity index (χ3n) is 4.72. The Balaban J connectivity index is 1.49. The van der Waals surface area contributed by atoms with E-state index in [1.807, 2.05) is 13.8 Å². The molecule has 158 valence electrons. The number of amides is 1. The van der Waals surface area contributed by atoms with Gasteiger partial charge in [-0.3, -0.25) is 4.79 Å². The monoisotopic (exact) mass is 422 g/mol. The van der Waals surface area contributed by atoms with Crippen LogP contribution in [0, 0.1) is 26.6 Å². The standard InChI is InChI=1S/C21H19FN6O3/c1-12-18(13(2)31-25-12)11-30-17-6-4-5-15(9-17)21(29)23-16-7-8-19(22)20(10-16)28-14(3)24-26-27-28/h4-10H,11H2,1-3H3,(H,23,29). The lowest BCUT2D eigenvalue weighted by atomic mass is 10.2. The number of rotatable bonds is 6. The summed E-state index contributed by atoms with van der Waals surface area (Å²) in [7, 11) is 0. The van der Waals surface area contributed by atoms with Crippen LogP contribution in [0.25, 0.3) is 5.69 Å². The van der Waals surface area contributed by atoms with Crippen molar-refractivity contribution in [2.24, 2.45) is 0 Å². The Labute approximate surface area is 176 Å². The third kappa shape index (κ3) is 4.27. The molecule has 0 unspecified atom stereocenters. The minimum absolute atomic E-state index is 0.136. The Hall–Kier alpha value is -4.08. The summed E-state index contributed by atoms with van der Waals surface area (Å²) in [5.74, 6) is 0.760. The molecule has 1 N–H and O–H groups in total. The van der Waals surface area contributed by atoms with Gasteiger partial charge in [-0.1, -0.05) is 11.2 Å². The number of aromatic nitrogens is 5. The molecule has 4 aromatic rings. The smallest absolute Gasteiger partial charge is 0.255 e. The number of tetrazole rings is 1. The number of benzene rings is 2. The molecule has 0 saturated heterocycles. The zero-order chi connectivity index (χ0) is 22.0. The van der Waals surface area contributed by atoms with Gasteiger partial charge in [0.2, 0.25) is 0 Å². The van der Waals surface area contributed by atoms with Gasteiger partial charge in [0.15, 0.2) is 5.82 Å². The van der Waals surface area contributed by atoms with Crippen molar-refractivity contribution in [2.75, 3.05) is 5.32 Å². The number of aryl methyl sites for hydroxylation is 3. The number of nitrogens with one attached hydrogen (secondary N) is 1. The molecule has 0 fully saturated rings. The van der Waals surface area contributed by atoms with Gasteiger partial charge in [0.25, 0.3) is 5.91 Å². The molecule has 0 spiro atoms. The van der Waals surface area contributed by atoms with E-state index in [-0.39, 0.29) is 18.2 Å². The molecule has 2 aromatic carbocycles. The maximum Gasteiger partial charge on any atom is 0.255 e. The molecule has 2 aromatic heterocycles. The Bertz CT molecular complexity index is 1230. The Kier molecular flexibility index (Phi) is 5.44. The first-order valence-corrected chi connectivity index (χ1v) is 9.43. The number of halogens is 1. The van der Waals surface area contributed by atoms with E-state index in [1.54, 1.807) is 31.2 Å². The van der Waals surface area contributed by atoms with Crippen molar-refractivity contribution in [2.45, 2.75) is 27.4 Å². The van der Waals surface area contributed by atoms with Gasteiger partial charge in [-0.2, -0.15) is 4.68 Å². The van der Waals surface area contributed by atoms with Gasteiger partial charge in [-0.15, -0.1) is 5.10 Å². The minimum atomic E-state index is -0.511. The highest BCUT2D eigenvalue weighted by molar-refractivity contribution is 6.04. The van der Waals surface area contributed by atoms with Crippen molar-refractivity contribution < 1.29 is 18.4 Å². The van der Waals surface area contributed by atoms with E-state index < -0.39 is 5.82 Å². The highest BCUT2D eigenvalue weighted by Crippen LogP contribution is 2.21. The first kappa shape index (κ1) is 20.2. The summed E-state index contributed by atoms with van der Waals surface area (Å²) in [5, 5.41) is 17.7. The number of carbonyl (C=O) groups is 1. The van der Waals surface area contributed by atoms with Gasteiger partial charge in [-0.05, 0) is 67.6 Å². The molecule has 0 aliphatic heterocycles. The van der Waals surface area contributed by atoms with E-state index in [4.69, 9.17) is 9.26 Å². The van der Waals surface area contributed by atoms with Crippen molar-refractivity contribution >= 4 is 11.6 Å². The molecule has 2 heterocycles. The maximum atomic E-state index is 14.2. The van der Waals surface area contributed by atoms with E-state index in [0.29, 0.717) is 28.6 Å². The number of hydrogen-bond donors (Lipinski definition) is 1. The number of ether oxygens (including phenoxy) is 1. The molecule has 0 aliphatic carbocycles. The molecule has 0 bridgehead atoms. The highest BCUT2D eigenvalue weighted by Gasteiger charge is 2.14. The van der Waals surface area contributed by atoms with Gasteiger partial charge in [0.1, 0.15) is 29.6 Å². The fourth-order valence-corrected chi connectivity index (χ4v) is 3.00. The van der Waals surface area contributed by atoms with Crippen molar-refractivity contribution in [3.63, 3.8) is 0 Å². The molecule has 0 radical (unpaired) electrons. The largest absolute Gasteiger partial charge is 0.489 e. The quantitative estimate of drug-likeness (QED) is 0.506. The summed E-state index contributed by atoms with van der Waals surface area (Å²) in [6.07, 6.45) is 0. The molecular formula is C21H19FN6O3. The van der Waals surface area contributed by atoms with Crippen LogP contribution in [0.5, 0.6) is 5.75 Å². The van der Waals surface area contributed by atoms with Crippen LogP contribution in [-0.4, -0.2) is 31.3 Å². The summed E-state index contributed by atoms with van der Waals surface area (Å²) >= 11 is 0. The van der Waals surface area contributed by atoms with Crippen LogP contribution in [-0.2, 0) is 6.61 Å². The van der Waals surface area contributed by atoms with Crippen molar-refractivity contribution in [1.82, 2.24) is 25.4 Å². The fourth-order valence-electron chi connectivity index (χ4n) is 3.00.